The number of H-pyrrole nitrogens is 1. The van der Waals surface area contributed by atoms with Crippen LogP contribution in [0.25, 0.3) is 16.6 Å². The fourth-order valence-electron chi connectivity index (χ4n) is 4.17. The van der Waals surface area contributed by atoms with E-state index in [1.165, 1.54) is 19.0 Å². The zero-order valence-corrected chi connectivity index (χ0v) is 18.9. The van der Waals surface area contributed by atoms with Crippen LogP contribution in [-0.2, 0) is 6.54 Å². The molecule has 1 aliphatic rings. The molecule has 8 heteroatoms. The highest BCUT2D eigenvalue weighted by Crippen LogP contribution is 2.20. The highest BCUT2D eigenvalue weighted by molar-refractivity contribution is 6.08. The number of ether oxygens (including phenoxy) is 1. The molecule has 2 aromatic heterocycles. The molecule has 172 valence electrons. The lowest BCUT2D eigenvalue weighted by atomic mass is 10.2. The van der Waals surface area contributed by atoms with Crippen molar-refractivity contribution in [1.82, 2.24) is 19.8 Å². The first-order valence-corrected chi connectivity index (χ1v) is 11.2. The number of nitrogens with two attached hydrogens (primary N) is 1. The molecule has 8 nitrogen and oxygen atoms in total. The van der Waals surface area contributed by atoms with Crippen molar-refractivity contribution in [3.8, 4) is 5.75 Å². The second kappa shape index (κ2) is 10.3. The van der Waals surface area contributed by atoms with Gasteiger partial charge in [-0.1, -0.05) is 12.1 Å². The van der Waals surface area contributed by atoms with E-state index >= 15 is 0 Å². The quantitative estimate of drug-likeness (QED) is 0.437. The van der Waals surface area contributed by atoms with Crippen LogP contribution in [-0.4, -0.2) is 65.2 Å². The van der Waals surface area contributed by atoms with Gasteiger partial charge in [-0.3, -0.25) is 4.79 Å². The van der Waals surface area contributed by atoms with E-state index in [4.69, 9.17) is 15.9 Å². The van der Waals surface area contributed by atoms with Gasteiger partial charge in [-0.2, -0.15) is 0 Å². The minimum atomic E-state index is -0.0711. The summed E-state index contributed by atoms with van der Waals surface area (Å²) in [6.07, 6.45) is 4.95. The van der Waals surface area contributed by atoms with E-state index in [2.05, 4.69) is 14.9 Å². The number of aromatic amines is 1. The molecule has 1 aromatic carbocycles. The lowest BCUT2D eigenvalue weighted by Gasteiger charge is -2.25. The Balaban J connectivity index is 1.59. The van der Waals surface area contributed by atoms with Gasteiger partial charge < -0.3 is 30.7 Å². The van der Waals surface area contributed by atoms with E-state index in [9.17, 15) is 4.79 Å². The molecule has 0 aliphatic carbocycles. The Labute approximate surface area is 193 Å². The molecule has 0 spiro atoms. The van der Waals surface area contributed by atoms with Crippen molar-refractivity contribution in [3.63, 3.8) is 0 Å². The van der Waals surface area contributed by atoms with Crippen molar-refractivity contribution in [2.75, 3.05) is 33.3 Å². The number of benzene rings is 1. The first-order chi connectivity index (χ1) is 16.1. The maximum atomic E-state index is 13.6. The van der Waals surface area contributed by atoms with E-state index < -0.39 is 0 Å². The molecule has 0 saturated carbocycles. The number of methoxy groups -OCH3 is 1. The number of aromatic nitrogens is 2. The molecule has 1 fully saturated rings. The molecule has 0 radical (unpaired) electrons. The fraction of sp³-hybridized carbons (Fsp3) is 0.320. The van der Waals surface area contributed by atoms with Gasteiger partial charge in [0.2, 0.25) is 0 Å². The summed E-state index contributed by atoms with van der Waals surface area (Å²) in [5.74, 6) is 0.704. The summed E-state index contributed by atoms with van der Waals surface area (Å²) >= 11 is 0. The zero-order chi connectivity index (χ0) is 23.2. The molecule has 1 saturated heterocycles. The molecule has 4 N–H and O–H groups in total. The smallest absolute Gasteiger partial charge is 0.270 e. The molecule has 3 heterocycles. The number of rotatable bonds is 9. The van der Waals surface area contributed by atoms with E-state index in [1.54, 1.807) is 13.2 Å². The lowest BCUT2D eigenvalue weighted by molar-refractivity contribution is 0.0722. The van der Waals surface area contributed by atoms with Crippen LogP contribution in [0.1, 0.15) is 34.6 Å². The number of fused-ring (bicyclic) bond motifs is 1. The van der Waals surface area contributed by atoms with Gasteiger partial charge in [0.25, 0.3) is 5.91 Å². The number of hydrogen-bond donors (Lipinski definition) is 3. The first-order valence-electron chi connectivity index (χ1n) is 11.2. The van der Waals surface area contributed by atoms with E-state index in [-0.39, 0.29) is 5.91 Å². The van der Waals surface area contributed by atoms with Gasteiger partial charge in [0.05, 0.1) is 12.8 Å². The molecular formula is C25H30N6O2. The van der Waals surface area contributed by atoms with E-state index in [0.717, 1.165) is 42.5 Å². The summed E-state index contributed by atoms with van der Waals surface area (Å²) < 4.78 is 5.36. The number of likely N-dealkylation sites (tertiary alicyclic amines) is 1. The number of amides is 1. The minimum Gasteiger partial charge on any atom is -0.497 e. The van der Waals surface area contributed by atoms with Crippen molar-refractivity contribution < 1.29 is 9.53 Å². The van der Waals surface area contributed by atoms with Gasteiger partial charge in [-0.05, 0) is 61.8 Å². The maximum Gasteiger partial charge on any atom is 0.270 e. The number of nitrogens with zero attached hydrogens (tertiary/aromatic N) is 3. The highest BCUT2D eigenvalue weighted by atomic mass is 16.5. The van der Waals surface area contributed by atoms with Gasteiger partial charge in [-0.25, -0.2) is 4.98 Å². The molecule has 0 bridgehead atoms. The average Bonchev–Trinajstić information content (AvgIpc) is 3.52. The monoisotopic (exact) mass is 446 g/mol. The van der Waals surface area contributed by atoms with Crippen molar-refractivity contribution in [2.24, 2.45) is 5.73 Å². The fourth-order valence-corrected chi connectivity index (χ4v) is 4.17. The minimum absolute atomic E-state index is 0.0711. The van der Waals surface area contributed by atoms with Crippen LogP contribution in [0.5, 0.6) is 5.75 Å². The highest BCUT2D eigenvalue weighted by Gasteiger charge is 2.21. The summed E-state index contributed by atoms with van der Waals surface area (Å²) in [4.78, 5) is 25.6. The summed E-state index contributed by atoms with van der Waals surface area (Å²) in [5, 5.41) is 8.33. The van der Waals surface area contributed by atoms with Crippen LogP contribution < -0.4 is 10.5 Å². The van der Waals surface area contributed by atoms with Crippen molar-refractivity contribution in [2.45, 2.75) is 19.4 Å². The SMILES string of the molecule is COc1cccc(CN(CCN2CCCC2)C(=O)c2cc3ccc(/C(C=N)=C/N)nc3[nH]2)c1. The number of carbonyl (C=O) groups excluding carboxylic acids is 1. The van der Waals surface area contributed by atoms with Crippen LogP contribution in [0.4, 0.5) is 0 Å². The Morgan fingerprint density at radius 2 is 2.09 bits per heavy atom. The second-order valence-electron chi connectivity index (χ2n) is 8.21. The van der Waals surface area contributed by atoms with Crippen LogP contribution in [0.15, 0.2) is 48.7 Å². The van der Waals surface area contributed by atoms with Gasteiger partial charge >= 0.3 is 0 Å². The molecule has 1 amide bonds. The molecule has 4 rings (SSSR count). The number of hydrogen-bond acceptors (Lipinski definition) is 6. The molecule has 3 aromatic rings. The van der Waals surface area contributed by atoms with Crippen molar-refractivity contribution in [1.29, 1.82) is 5.41 Å². The number of carbonyl (C=O) groups is 1. The van der Waals surface area contributed by atoms with Crippen LogP contribution in [0.3, 0.4) is 0 Å². The molecule has 1 aliphatic heterocycles. The Kier molecular flexibility index (Phi) is 7.04. The molecule has 0 atom stereocenters. The standard InChI is InChI=1S/C25H30N6O2/c1-33-21-6-4-5-18(13-21)17-31(12-11-30-9-2-3-10-30)25(32)23-14-19-7-8-22(20(15-26)16-27)28-24(19)29-23/h4-8,13-16,26H,2-3,9-12,17,27H2,1H3,(H,28,29)/b20-16+,26-15?. The maximum absolute atomic E-state index is 13.6. The predicted molar refractivity (Wildman–Crippen MR) is 130 cm³/mol. The van der Waals surface area contributed by atoms with Crippen LogP contribution in [0, 0.1) is 5.41 Å². The number of pyridine rings is 1. The normalized spacial score (nSPS) is 14.5. The van der Waals surface area contributed by atoms with Crippen LogP contribution >= 0.6 is 0 Å². The molecule has 0 unspecified atom stereocenters. The van der Waals surface area contributed by atoms with Gasteiger partial charge in [0.15, 0.2) is 0 Å². The van der Waals surface area contributed by atoms with Crippen molar-refractivity contribution >= 4 is 28.7 Å². The second-order valence-corrected chi connectivity index (χ2v) is 8.21. The Morgan fingerprint density at radius 1 is 1.27 bits per heavy atom. The van der Waals surface area contributed by atoms with E-state index in [1.807, 2.05) is 41.3 Å². The Morgan fingerprint density at radius 3 is 2.82 bits per heavy atom. The van der Waals surface area contributed by atoms with Gasteiger partial charge in [0.1, 0.15) is 17.1 Å². The molecular weight excluding hydrogens is 416 g/mol. The predicted octanol–water partition coefficient (Wildman–Crippen LogP) is 3.26. The zero-order valence-electron chi connectivity index (χ0n) is 18.9. The third kappa shape index (κ3) is 5.23. The van der Waals surface area contributed by atoms with Crippen molar-refractivity contribution in [3.05, 3.63) is 65.6 Å². The third-order valence-electron chi connectivity index (χ3n) is 6.02. The summed E-state index contributed by atoms with van der Waals surface area (Å²) in [6, 6.07) is 13.3. The topological polar surface area (TPSA) is 111 Å². The summed E-state index contributed by atoms with van der Waals surface area (Å²) in [7, 11) is 1.64. The molecule has 33 heavy (non-hydrogen) atoms. The van der Waals surface area contributed by atoms with Gasteiger partial charge in [-0.15, -0.1) is 0 Å². The number of allylic oxidation sites excluding steroid dienone is 1. The largest absolute Gasteiger partial charge is 0.497 e. The van der Waals surface area contributed by atoms with E-state index in [0.29, 0.717) is 35.7 Å². The summed E-state index contributed by atoms with van der Waals surface area (Å²) in [6.45, 7) is 4.15. The van der Waals surface area contributed by atoms with Crippen LogP contribution in [0.2, 0.25) is 0 Å². The first kappa shape index (κ1) is 22.5. The average molecular weight is 447 g/mol. The Bertz CT molecular complexity index is 1160. The Hall–Kier alpha value is -3.65. The third-order valence-corrected chi connectivity index (χ3v) is 6.02. The lowest BCUT2D eigenvalue weighted by Crippen LogP contribution is -2.37. The van der Waals surface area contributed by atoms with Gasteiger partial charge in [0, 0.05) is 43.0 Å². The number of nitrogens with one attached hydrogen (secondary N) is 2. The summed E-state index contributed by atoms with van der Waals surface area (Å²) in [5.41, 5.74) is 8.80.